The molecule has 1 aromatic heterocycles. The molecule has 0 amide bonds. The Morgan fingerprint density at radius 2 is 2.05 bits per heavy atom. The largest absolute Gasteiger partial charge is 0.489 e. The molecule has 3 heteroatoms. The molecule has 1 atom stereocenters. The molecule has 3 rings (SSSR count). The maximum Gasteiger partial charge on any atom is 0.124 e. The Labute approximate surface area is 132 Å². The highest BCUT2D eigenvalue weighted by Crippen LogP contribution is 2.27. The van der Waals surface area contributed by atoms with E-state index in [9.17, 15) is 0 Å². The minimum Gasteiger partial charge on any atom is -0.489 e. The molecule has 2 aromatic rings. The van der Waals surface area contributed by atoms with Crippen molar-refractivity contribution in [1.82, 2.24) is 9.88 Å². The highest BCUT2D eigenvalue weighted by atomic mass is 16.5. The smallest absolute Gasteiger partial charge is 0.124 e. The van der Waals surface area contributed by atoms with Gasteiger partial charge >= 0.3 is 0 Å². The summed E-state index contributed by atoms with van der Waals surface area (Å²) in [4.78, 5) is 6.92. The number of para-hydroxylation sites is 1. The first-order valence-electron chi connectivity index (χ1n) is 8.22. The molecule has 116 valence electrons. The first kappa shape index (κ1) is 15.0. The van der Waals surface area contributed by atoms with Crippen molar-refractivity contribution >= 4 is 0 Å². The SMILES string of the molecule is CCCC[C@@H]1CN(Cc2ccccn2)Cc2ccccc2O1. The first-order chi connectivity index (χ1) is 10.8. The minimum absolute atomic E-state index is 0.271. The maximum absolute atomic E-state index is 6.26. The molecule has 1 aliphatic rings. The van der Waals surface area contributed by atoms with Crippen LogP contribution in [0.1, 0.15) is 37.4 Å². The van der Waals surface area contributed by atoms with Crippen LogP contribution in [0.3, 0.4) is 0 Å². The van der Waals surface area contributed by atoms with Crippen LogP contribution < -0.4 is 4.74 Å². The molecule has 0 fully saturated rings. The molecule has 3 nitrogen and oxygen atoms in total. The highest BCUT2D eigenvalue weighted by Gasteiger charge is 2.22. The number of fused-ring (bicyclic) bond motifs is 1. The van der Waals surface area contributed by atoms with Gasteiger partial charge in [-0.15, -0.1) is 0 Å². The van der Waals surface area contributed by atoms with Crippen LogP contribution in [0, 0.1) is 0 Å². The molecule has 1 aromatic carbocycles. The Kier molecular flexibility index (Phi) is 5.07. The van der Waals surface area contributed by atoms with Gasteiger partial charge in [-0.3, -0.25) is 9.88 Å². The van der Waals surface area contributed by atoms with Crippen LogP contribution in [0.2, 0.25) is 0 Å². The maximum atomic E-state index is 6.26. The number of hydrogen-bond donors (Lipinski definition) is 0. The second kappa shape index (κ2) is 7.41. The van der Waals surface area contributed by atoms with Crippen LogP contribution in [0.5, 0.6) is 5.75 Å². The summed E-state index contributed by atoms with van der Waals surface area (Å²) in [6.45, 7) is 5.00. The van der Waals surface area contributed by atoms with Gasteiger partial charge in [-0.05, 0) is 31.0 Å². The average molecular weight is 296 g/mol. The Balaban J connectivity index is 1.77. The fourth-order valence-electron chi connectivity index (χ4n) is 2.98. The zero-order valence-corrected chi connectivity index (χ0v) is 13.2. The molecule has 0 bridgehead atoms. The molecule has 0 saturated carbocycles. The molecule has 0 radical (unpaired) electrons. The molecule has 0 spiro atoms. The van der Waals surface area contributed by atoms with Crippen molar-refractivity contribution in [1.29, 1.82) is 0 Å². The summed E-state index contributed by atoms with van der Waals surface area (Å²) in [6.07, 6.45) is 5.68. The number of benzene rings is 1. The number of aromatic nitrogens is 1. The van der Waals surface area contributed by atoms with Crippen LogP contribution >= 0.6 is 0 Å². The third-order valence-corrected chi connectivity index (χ3v) is 4.11. The summed E-state index contributed by atoms with van der Waals surface area (Å²) < 4.78 is 6.26. The lowest BCUT2D eigenvalue weighted by atomic mass is 10.1. The first-order valence-corrected chi connectivity index (χ1v) is 8.22. The minimum atomic E-state index is 0.271. The fraction of sp³-hybridized carbons (Fsp3) is 0.421. The molecule has 0 N–H and O–H groups in total. The van der Waals surface area contributed by atoms with Gasteiger partial charge in [0.25, 0.3) is 0 Å². The van der Waals surface area contributed by atoms with E-state index in [0.717, 1.165) is 37.5 Å². The van der Waals surface area contributed by atoms with Gasteiger partial charge in [0.15, 0.2) is 0 Å². The predicted molar refractivity (Wildman–Crippen MR) is 88.7 cm³/mol. The lowest BCUT2D eigenvalue weighted by molar-refractivity contribution is 0.132. The second-order valence-corrected chi connectivity index (χ2v) is 5.98. The van der Waals surface area contributed by atoms with Gasteiger partial charge in [-0.2, -0.15) is 0 Å². The van der Waals surface area contributed by atoms with Crippen LogP contribution in [0.15, 0.2) is 48.7 Å². The third kappa shape index (κ3) is 3.86. The molecule has 22 heavy (non-hydrogen) atoms. The lowest BCUT2D eigenvalue weighted by Crippen LogP contribution is -2.32. The normalized spacial score (nSPS) is 18.3. The molecule has 1 aliphatic heterocycles. The third-order valence-electron chi connectivity index (χ3n) is 4.11. The van der Waals surface area contributed by atoms with Crippen LogP contribution in [0.25, 0.3) is 0 Å². The second-order valence-electron chi connectivity index (χ2n) is 5.98. The van der Waals surface area contributed by atoms with Gasteiger partial charge in [-0.1, -0.05) is 37.6 Å². The zero-order chi connectivity index (χ0) is 15.2. The summed E-state index contributed by atoms with van der Waals surface area (Å²) in [5.74, 6) is 1.05. The van der Waals surface area contributed by atoms with E-state index in [-0.39, 0.29) is 6.10 Å². The molecular weight excluding hydrogens is 272 g/mol. The van der Waals surface area contributed by atoms with Crippen molar-refractivity contribution in [3.63, 3.8) is 0 Å². The van der Waals surface area contributed by atoms with E-state index in [2.05, 4.69) is 53.2 Å². The predicted octanol–water partition coefficient (Wildman–Crippen LogP) is 4.04. The standard InChI is InChI=1S/C19H24N2O/c1-2-3-10-18-15-21(14-17-9-6-7-12-20-17)13-16-8-4-5-11-19(16)22-18/h4-9,11-12,18H,2-3,10,13-15H2,1H3/t18-/m1/s1. The Morgan fingerprint density at radius 1 is 1.18 bits per heavy atom. The molecule has 0 unspecified atom stereocenters. The fourth-order valence-corrected chi connectivity index (χ4v) is 2.98. The van der Waals surface area contributed by atoms with Crippen molar-refractivity contribution in [3.8, 4) is 5.75 Å². The number of unbranched alkanes of at least 4 members (excludes halogenated alkanes) is 1. The van der Waals surface area contributed by atoms with E-state index < -0.39 is 0 Å². The van der Waals surface area contributed by atoms with Crippen molar-refractivity contribution in [3.05, 3.63) is 59.9 Å². The molecule has 0 aliphatic carbocycles. The Morgan fingerprint density at radius 3 is 2.86 bits per heavy atom. The quantitative estimate of drug-likeness (QED) is 0.833. The topological polar surface area (TPSA) is 25.4 Å². The number of nitrogens with zero attached hydrogens (tertiary/aromatic N) is 2. The van der Waals surface area contributed by atoms with Crippen LogP contribution in [-0.2, 0) is 13.1 Å². The van der Waals surface area contributed by atoms with Gasteiger partial charge < -0.3 is 4.74 Å². The zero-order valence-electron chi connectivity index (χ0n) is 13.2. The highest BCUT2D eigenvalue weighted by molar-refractivity contribution is 5.34. The number of hydrogen-bond acceptors (Lipinski definition) is 3. The van der Waals surface area contributed by atoms with E-state index in [1.807, 2.05) is 12.3 Å². The van der Waals surface area contributed by atoms with Crippen LogP contribution in [0.4, 0.5) is 0 Å². The lowest BCUT2D eigenvalue weighted by Gasteiger charge is -2.23. The summed E-state index contributed by atoms with van der Waals surface area (Å²) in [5.41, 5.74) is 2.40. The summed E-state index contributed by atoms with van der Waals surface area (Å²) in [6, 6.07) is 14.5. The van der Waals surface area contributed by atoms with Crippen LogP contribution in [-0.4, -0.2) is 22.5 Å². The van der Waals surface area contributed by atoms with E-state index in [1.165, 1.54) is 18.4 Å². The van der Waals surface area contributed by atoms with E-state index in [0.29, 0.717) is 0 Å². The van der Waals surface area contributed by atoms with Crippen molar-refractivity contribution in [2.75, 3.05) is 6.54 Å². The summed E-state index contributed by atoms with van der Waals surface area (Å²) >= 11 is 0. The van der Waals surface area contributed by atoms with Crippen molar-refractivity contribution in [2.24, 2.45) is 0 Å². The van der Waals surface area contributed by atoms with Gasteiger partial charge in [0.1, 0.15) is 11.9 Å². The number of pyridine rings is 1. The van der Waals surface area contributed by atoms with Gasteiger partial charge in [0.05, 0.1) is 5.69 Å². The average Bonchev–Trinajstić information content (AvgIpc) is 2.72. The molecule has 0 saturated heterocycles. The van der Waals surface area contributed by atoms with E-state index in [4.69, 9.17) is 4.74 Å². The monoisotopic (exact) mass is 296 g/mol. The van der Waals surface area contributed by atoms with Gasteiger partial charge in [0.2, 0.25) is 0 Å². The number of rotatable bonds is 5. The number of ether oxygens (including phenoxy) is 1. The van der Waals surface area contributed by atoms with E-state index >= 15 is 0 Å². The molecular formula is C19H24N2O. The Bertz CT molecular complexity index is 585. The molecule has 2 heterocycles. The van der Waals surface area contributed by atoms with Crippen molar-refractivity contribution in [2.45, 2.75) is 45.4 Å². The summed E-state index contributed by atoms with van der Waals surface area (Å²) in [5, 5.41) is 0. The van der Waals surface area contributed by atoms with Gasteiger partial charge in [-0.25, -0.2) is 0 Å². The van der Waals surface area contributed by atoms with Crippen molar-refractivity contribution < 1.29 is 4.74 Å². The van der Waals surface area contributed by atoms with Gasteiger partial charge in [0, 0.05) is 31.4 Å². The summed E-state index contributed by atoms with van der Waals surface area (Å²) in [7, 11) is 0. The Hall–Kier alpha value is -1.87. The van der Waals surface area contributed by atoms with E-state index in [1.54, 1.807) is 0 Å².